The van der Waals surface area contributed by atoms with Crippen molar-refractivity contribution in [1.82, 2.24) is 9.55 Å². The standard InChI is InChI=1S/C17H23N3O6/c1-5-11-8-20(15-13(22)12(21)10(4)26-15)16(23)18-14(11)19-17(24)25-7-6-9(2)3/h1,8-10,12-13,15,21-22H,6-7H2,2-4H3,(H,18,19,23,24)/t10-,12?,13?,15-/m1/s1. The molecule has 1 aliphatic rings. The van der Waals surface area contributed by atoms with E-state index in [4.69, 9.17) is 15.9 Å². The van der Waals surface area contributed by atoms with E-state index in [1.807, 2.05) is 13.8 Å². The summed E-state index contributed by atoms with van der Waals surface area (Å²) in [7, 11) is 0. The summed E-state index contributed by atoms with van der Waals surface area (Å²) in [6.45, 7) is 5.79. The molecule has 3 N–H and O–H groups in total. The van der Waals surface area contributed by atoms with Gasteiger partial charge in [0.25, 0.3) is 0 Å². The first-order chi connectivity index (χ1) is 12.2. The molecule has 1 aromatic rings. The van der Waals surface area contributed by atoms with Crippen LogP contribution in [0.3, 0.4) is 0 Å². The molecule has 26 heavy (non-hydrogen) atoms. The first-order valence-electron chi connectivity index (χ1n) is 8.29. The molecule has 9 nitrogen and oxygen atoms in total. The van der Waals surface area contributed by atoms with Crippen molar-refractivity contribution < 1.29 is 24.5 Å². The predicted octanol–water partition coefficient (Wildman–Crippen LogP) is 0.458. The maximum atomic E-state index is 12.3. The molecule has 2 rings (SSSR count). The molecule has 0 bridgehead atoms. The second-order valence-corrected chi connectivity index (χ2v) is 6.49. The van der Waals surface area contributed by atoms with Crippen LogP contribution in [0, 0.1) is 18.3 Å². The van der Waals surface area contributed by atoms with Crippen molar-refractivity contribution in [1.29, 1.82) is 0 Å². The largest absolute Gasteiger partial charge is 0.449 e. The van der Waals surface area contributed by atoms with Gasteiger partial charge in [-0.05, 0) is 19.3 Å². The summed E-state index contributed by atoms with van der Waals surface area (Å²) in [5, 5.41) is 22.1. The smallest absolute Gasteiger partial charge is 0.412 e. The second kappa shape index (κ2) is 8.31. The number of aromatic nitrogens is 2. The lowest BCUT2D eigenvalue weighted by Gasteiger charge is -2.18. The average Bonchev–Trinajstić information content (AvgIpc) is 2.82. The Kier molecular flexibility index (Phi) is 6.37. The predicted molar refractivity (Wildman–Crippen MR) is 92.5 cm³/mol. The van der Waals surface area contributed by atoms with Gasteiger partial charge < -0.3 is 19.7 Å². The van der Waals surface area contributed by atoms with Gasteiger partial charge >= 0.3 is 11.8 Å². The third-order valence-electron chi connectivity index (χ3n) is 4.01. The van der Waals surface area contributed by atoms with Crippen LogP contribution in [0.1, 0.15) is 39.0 Å². The number of aliphatic hydroxyl groups excluding tert-OH is 2. The highest BCUT2D eigenvalue weighted by Crippen LogP contribution is 2.28. The number of ether oxygens (including phenoxy) is 2. The van der Waals surface area contributed by atoms with Gasteiger partial charge in [-0.1, -0.05) is 19.8 Å². The van der Waals surface area contributed by atoms with E-state index >= 15 is 0 Å². The summed E-state index contributed by atoms with van der Waals surface area (Å²) in [4.78, 5) is 27.8. The molecule has 4 atom stereocenters. The summed E-state index contributed by atoms with van der Waals surface area (Å²) in [6, 6.07) is 0. The normalized spacial score (nSPS) is 25.1. The zero-order valence-electron chi connectivity index (χ0n) is 14.9. The molecule has 9 heteroatoms. The number of nitrogens with one attached hydrogen (secondary N) is 1. The van der Waals surface area contributed by atoms with Gasteiger partial charge in [-0.15, -0.1) is 6.42 Å². The minimum Gasteiger partial charge on any atom is -0.449 e. The van der Waals surface area contributed by atoms with Gasteiger partial charge in [0.15, 0.2) is 12.0 Å². The molecular formula is C17H23N3O6. The van der Waals surface area contributed by atoms with E-state index in [1.54, 1.807) is 6.92 Å². The third kappa shape index (κ3) is 4.40. The molecule has 1 aliphatic heterocycles. The number of carbonyl (C=O) groups is 1. The number of rotatable bonds is 5. The Hall–Kier alpha value is -2.41. The molecule has 1 amide bonds. The molecule has 0 aromatic carbocycles. The monoisotopic (exact) mass is 365 g/mol. The number of hydrogen-bond acceptors (Lipinski definition) is 7. The van der Waals surface area contributed by atoms with Gasteiger partial charge in [-0.2, -0.15) is 4.98 Å². The van der Waals surface area contributed by atoms with Crippen LogP contribution >= 0.6 is 0 Å². The number of hydrogen-bond donors (Lipinski definition) is 3. The summed E-state index contributed by atoms with van der Waals surface area (Å²) in [5.74, 6) is 2.57. The fraction of sp³-hybridized carbons (Fsp3) is 0.588. The van der Waals surface area contributed by atoms with Gasteiger partial charge in [0, 0.05) is 6.20 Å². The quantitative estimate of drug-likeness (QED) is 0.648. The fourth-order valence-corrected chi connectivity index (χ4v) is 2.43. The van der Waals surface area contributed by atoms with Crippen molar-refractivity contribution in [2.24, 2.45) is 5.92 Å². The number of nitrogens with zero attached hydrogens (tertiary/aromatic N) is 2. The van der Waals surface area contributed by atoms with Crippen LogP contribution in [0.4, 0.5) is 10.6 Å². The Bertz CT molecular complexity index is 754. The maximum Gasteiger partial charge on any atom is 0.412 e. The van der Waals surface area contributed by atoms with Crippen LogP contribution < -0.4 is 11.0 Å². The molecule has 1 aromatic heterocycles. The van der Waals surface area contributed by atoms with Crippen LogP contribution in [0.15, 0.2) is 11.0 Å². The SMILES string of the molecule is C#Cc1cn([C@@H]2O[C@H](C)C(O)C2O)c(=O)nc1NC(=O)OCCC(C)C. The topological polar surface area (TPSA) is 123 Å². The molecule has 142 valence electrons. The molecule has 1 saturated heterocycles. The summed E-state index contributed by atoms with van der Waals surface area (Å²) in [5.41, 5.74) is -0.693. The van der Waals surface area contributed by atoms with E-state index in [2.05, 4.69) is 16.2 Å². The van der Waals surface area contributed by atoms with Crippen LogP contribution in [0.5, 0.6) is 0 Å². The molecule has 0 spiro atoms. The Balaban J connectivity index is 2.18. The van der Waals surface area contributed by atoms with Gasteiger partial charge in [-0.25, -0.2) is 9.59 Å². The van der Waals surface area contributed by atoms with Crippen molar-refractivity contribution >= 4 is 11.9 Å². The Morgan fingerprint density at radius 3 is 2.73 bits per heavy atom. The second-order valence-electron chi connectivity index (χ2n) is 6.49. The van der Waals surface area contributed by atoms with Crippen molar-refractivity contribution in [3.8, 4) is 12.3 Å². The zero-order valence-corrected chi connectivity index (χ0v) is 14.9. The van der Waals surface area contributed by atoms with E-state index in [9.17, 15) is 19.8 Å². The molecule has 2 heterocycles. The highest BCUT2D eigenvalue weighted by Gasteiger charge is 2.42. The highest BCUT2D eigenvalue weighted by molar-refractivity contribution is 5.84. The number of amides is 1. The van der Waals surface area contributed by atoms with E-state index in [0.717, 1.165) is 4.57 Å². The van der Waals surface area contributed by atoms with Crippen molar-refractivity contribution in [3.05, 3.63) is 22.2 Å². The summed E-state index contributed by atoms with van der Waals surface area (Å²) < 4.78 is 11.4. The molecule has 1 fully saturated rings. The van der Waals surface area contributed by atoms with E-state index in [1.165, 1.54) is 6.20 Å². The lowest BCUT2D eigenvalue weighted by atomic mass is 10.1. The molecule has 0 saturated carbocycles. The van der Waals surface area contributed by atoms with E-state index in [0.29, 0.717) is 12.3 Å². The first kappa shape index (κ1) is 19.9. The van der Waals surface area contributed by atoms with Crippen molar-refractivity contribution in [3.63, 3.8) is 0 Å². The maximum absolute atomic E-state index is 12.3. The number of anilines is 1. The minimum absolute atomic E-state index is 0.107. The van der Waals surface area contributed by atoms with Crippen LogP contribution in [-0.4, -0.2) is 50.8 Å². The van der Waals surface area contributed by atoms with E-state index in [-0.39, 0.29) is 18.0 Å². The zero-order chi connectivity index (χ0) is 19.4. The Morgan fingerprint density at radius 2 is 2.19 bits per heavy atom. The van der Waals surface area contributed by atoms with Crippen LogP contribution in [0.25, 0.3) is 0 Å². The molecule has 0 radical (unpaired) electrons. The number of terminal acetylenes is 1. The molecule has 0 aliphatic carbocycles. The lowest BCUT2D eigenvalue weighted by Crippen LogP contribution is -2.36. The Labute approximate surface area is 151 Å². The molecular weight excluding hydrogens is 342 g/mol. The lowest BCUT2D eigenvalue weighted by molar-refractivity contribution is -0.0350. The van der Waals surface area contributed by atoms with Crippen LogP contribution in [0.2, 0.25) is 0 Å². The highest BCUT2D eigenvalue weighted by atomic mass is 16.6. The summed E-state index contributed by atoms with van der Waals surface area (Å²) in [6.07, 6.45) is 2.34. The van der Waals surface area contributed by atoms with Crippen LogP contribution in [-0.2, 0) is 9.47 Å². The van der Waals surface area contributed by atoms with Gasteiger partial charge in [0.1, 0.15) is 12.2 Å². The molecule has 2 unspecified atom stereocenters. The first-order valence-corrected chi connectivity index (χ1v) is 8.29. The average molecular weight is 365 g/mol. The number of carbonyl (C=O) groups excluding carboxylic acids is 1. The van der Waals surface area contributed by atoms with Crippen molar-refractivity contribution in [2.45, 2.75) is 51.7 Å². The fourth-order valence-electron chi connectivity index (χ4n) is 2.43. The number of aliphatic hydroxyl groups is 2. The third-order valence-corrected chi connectivity index (χ3v) is 4.01. The Morgan fingerprint density at radius 1 is 1.50 bits per heavy atom. The van der Waals surface area contributed by atoms with Gasteiger partial charge in [0.05, 0.1) is 18.3 Å². The van der Waals surface area contributed by atoms with E-state index < -0.39 is 36.3 Å². The van der Waals surface area contributed by atoms with Gasteiger partial charge in [0.2, 0.25) is 0 Å². The van der Waals surface area contributed by atoms with Crippen molar-refractivity contribution in [2.75, 3.05) is 11.9 Å². The minimum atomic E-state index is -1.31. The summed E-state index contributed by atoms with van der Waals surface area (Å²) >= 11 is 0. The van der Waals surface area contributed by atoms with Gasteiger partial charge in [-0.3, -0.25) is 9.88 Å².